The first-order chi connectivity index (χ1) is 17.8. The molecule has 0 atom stereocenters. The van der Waals surface area contributed by atoms with Crippen LogP contribution in [0.4, 0.5) is 5.82 Å². The molecule has 8 nitrogen and oxygen atoms in total. The van der Waals surface area contributed by atoms with E-state index in [-0.39, 0.29) is 6.10 Å². The van der Waals surface area contributed by atoms with Crippen molar-refractivity contribution in [1.82, 2.24) is 19.5 Å². The Hall–Kier alpha value is -3.36. The zero-order valence-electron chi connectivity index (χ0n) is 21.4. The number of fused-ring (bicyclic) bond motifs is 1. The fraction of sp³-hybridized carbons (Fsp3) is 0.393. The van der Waals surface area contributed by atoms with Gasteiger partial charge in [-0.05, 0) is 74.9 Å². The molecular formula is C28H32ClN5O3. The molecule has 0 spiro atoms. The van der Waals surface area contributed by atoms with Crippen LogP contribution in [0.5, 0.6) is 11.5 Å². The standard InChI is InChI=1S/C28H32ClN5O3/c1-28(2,36-16-18-8-11-20(29)12-9-18)27-32-24-25(30)31-17-34(26(24)33-27)15-19-10-13-22(35-3)23(14-19)37-21-6-4-5-7-21/h8-14,17,21H,4-7,15-16,30H2,1-3H3. The molecule has 2 aliphatic heterocycles. The van der Waals surface area contributed by atoms with Crippen LogP contribution in [0.3, 0.4) is 0 Å². The van der Waals surface area contributed by atoms with Crippen LogP contribution in [-0.2, 0) is 23.5 Å². The number of nitrogens with zero attached hydrogens (tertiary/aromatic N) is 4. The van der Waals surface area contributed by atoms with Crippen molar-refractivity contribution in [3.63, 3.8) is 0 Å². The second-order valence-corrected chi connectivity index (χ2v) is 10.3. The van der Waals surface area contributed by atoms with E-state index in [0.717, 1.165) is 35.5 Å². The van der Waals surface area contributed by atoms with Crippen molar-refractivity contribution in [1.29, 1.82) is 0 Å². The number of halogens is 1. The predicted octanol–water partition coefficient (Wildman–Crippen LogP) is 5.84. The Morgan fingerprint density at radius 3 is 2.49 bits per heavy atom. The molecule has 37 heavy (non-hydrogen) atoms. The molecule has 194 valence electrons. The second kappa shape index (κ2) is 10.6. The van der Waals surface area contributed by atoms with Gasteiger partial charge in [-0.15, -0.1) is 0 Å². The number of hydrogen-bond donors (Lipinski definition) is 1. The van der Waals surface area contributed by atoms with Crippen LogP contribution in [0.1, 0.15) is 56.5 Å². The molecule has 3 aliphatic rings. The lowest BCUT2D eigenvalue weighted by atomic mass is 10.1. The average molecular weight is 522 g/mol. The average Bonchev–Trinajstić information content (AvgIpc) is 3.57. The van der Waals surface area contributed by atoms with Gasteiger partial charge in [0.15, 0.2) is 34.7 Å². The molecule has 9 heteroatoms. The quantitative estimate of drug-likeness (QED) is 0.295. The van der Waals surface area contributed by atoms with Gasteiger partial charge in [-0.1, -0.05) is 29.8 Å². The second-order valence-electron chi connectivity index (χ2n) is 9.91. The molecule has 0 amide bonds. The molecule has 1 saturated carbocycles. The zero-order chi connectivity index (χ0) is 26.0. The van der Waals surface area contributed by atoms with E-state index in [4.69, 9.17) is 41.5 Å². The highest BCUT2D eigenvalue weighted by Gasteiger charge is 2.30. The smallest absolute Gasteiger partial charge is 0.166 e. The predicted molar refractivity (Wildman–Crippen MR) is 143 cm³/mol. The summed E-state index contributed by atoms with van der Waals surface area (Å²) in [5.74, 6) is 3.03. The molecule has 1 aliphatic carbocycles. The van der Waals surface area contributed by atoms with Crippen LogP contribution < -0.4 is 15.2 Å². The minimum absolute atomic E-state index is 0.236. The van der Waals surface area contributed by atoms with E-state index in [9.17, 15) is 0 Å². The van der Waals surface area contributed by atoms with E-state index in [2.05, 4.69) is 4.98 Å². The number of imidazole rings is 1. The van der Waals surface area contributed by atoms with Crippen molar-refractivity contribution in [3.8, 4) is 23.0 Å². The summed E-state index contributed by atoms with van der Waals surface area (Å²) >= 11 is 6.00. The van der Waals surface area contributed by atoms with Gasteiger partial charge in [0.25, 0.3) is 0 Å². The first kappa shape index (κ1) is 25.3. The van der Waals surface area contributed by atoms with Gasteiger partial charge in [-0.2, -0.15) is 0 Å². The highest BCUT2D eigenvalue weighted by molar-refractivity contribution is 6.30. The summed E-state index contributed by atoms with van der Waals surface area (Å²) < 4.78 is 20.0. The molecule has 0 bridgehead atoms. The molecule has 0 radical (unpaired) electrons. The first-order valence-electron chi connectivity index (χ1n) is 12.5. The lowest BCUT2D eigenvalue weighted by Crippen LogP contribution is -2.23. The van der Waals surface area contributed by atoms with Crippen LogP contribution in [0.2, 0.25) is 5.02 Å². The lowest BCUT2D eigenvalue weighted by molar-refractivity contribution is -0.0393. The largest absolute Gasteiger partial charge is 0.493 e. The molecular weight excluding hydrogens is 490 g/mol. The van der Waals surface area contributed by atoms with Crippen LogP contribution in [-0.4, -0.2) is 32.7 Å². The Balaban J connectivity index is 1.39. The van der Waals surface area contributed by atoms with Crippen molar-refractivity contribution in [3.05, 3.63) is 70.8 Å². The number of rotatable bonds is 9. The number of hydrogen-bond acceptors (Lipinski definition) is 7. The summed E-state index contributed by atoms with van der Waals surface area (Å²) in [5, 5.41) is 0.690. The van der Waals surface area contributed by atoms with E-state index in [1.165, 1.54) is 12.8 Å². The third-order valence-corrected chi connectivity index (χ3v) is 6.97. The third-order valence-electron chi connectivity index (χ3n) is 6.72. The Labute approximate surface area is 222 Å². The van der Waals surface area contributed by atoms with Crippen LogP contribution in [0.25, 0.3) is 11.5 Å². The third kappa shape index (κ3) is 5.65. The molecule has 2 heterocycles. The fourth-order valence-corrected chi connectivity index (χ4v) is 4.67. The maximum Gasteiger partial charge on any atom is 0.166 e. The summed E-state index contributed by atoms with van der Waals surface area (Å²) in [5.41, 5.74) is 8.05. The van der Waals surface area contributed by atoms with E-state index in [0.29, 0.717) is 41.3 Å². The molecule has 0 aromatic heterocycles. The van der Waals surface area contributed by atoms with E-state index < -0.39 is 5.60 Å². The Bertz CT molecular complexity index is 1330. The molecule has 2 aromatic rings. The Morgan fingerprint density at radius 2 is 1.76 bits per heavy atom. The summed E-state index contributed by atoms with van der Waals surface area (Å²) in [4.78, 5) is 13.9. The maximum atomic E-state index is 6.28. The van der Waals surface area contributed by atoms with E-state index in [1.54, 1.807) is 13.4 Å². The maximum absolute atomic E-state index is 6.28. The van der Waals surface area contributed by atoms with Gasteiger partial charge in [0, 0.05) is 5.02 Å². The number of methoxy groups -OCH3 is 1. The molecule has 2 N–H and O–H groups in total. The Kier molecular flexibility index (Phi) is 7.22. The topological polar surface area (TPSA) is 97.3 Å². The number of benzene rings is 2. The van der Waals surface area contributed by atoms with Crippen molar-refractivity contribution in [2.24, 2.45) is 0 Å². The zero-order valence-corrected chi connectivity index (χ0v) is 22.2. The number of nitrogens with two attached hydrogens (primary N) is 1. The number of nitrogen functional groups attached to an aromatic ring is 1. The van der Waals surface area contributed by atoms with Crippen molar-refractivity contribution in [2.45, 2.75) is 64.4 Å². The molecule has 2 aromatic carbocycles. The molecule has 1 fully saturated rings. The van der Waals surface area contributed by atoms with Gasteiger partial charge in [0.05, 0.1) is 32.7 Å². The molecule has 5 rings (SSSR count). The van der Waals surface area contributed by atoms with E-state index in [1.807, 2.05) is 60.9 Å². The number of anilines is 1. The first-order valence-corrected chi connectivity index (χ1v) is 12.9. The van der Waals surface area contributed by atoms with Gasteiger partial charge in [-0.25, -0.2) is 15.0 Å². The monoisotopic (exact) mass is 521 g/mol. The highest BCUT2D eigenvalue weighted by Crippen LogP contribution is 2.34. The van der Waals surface area contributed by atoms with E-state index >= 15 is 0 Å². The number of aromatic nitrogens is 4. The van der Waals surface area contributed by atoms with Gasteiger partial charge < -0.3 is 24.5 Å². The van der Waals surface area contributed by atoms with Crippen molar-refractivity contribution in [2.75, 3.05) is 12.8 Å². The normalized spacial score (nSPS) is 14.4. The molecule has 0 unspecified atom stereocenters. The lowest BCUT2D eigenvalue weighted by Gasteiger charge is -2.22. The van der Waals surface area contributed by atoms with Crippen LogP contribution in [0, 0.1) is 0 Å². The van der Waals surface area contributed by atoms with Gasteiger partial charge in [0.1, 0.15) is 5.60 Å². The number of ether oxygens (including phenoxy) is 3. The summed E-state index contributed by atoms with van der Waals surface area (Å²) in [6, 6.07) is 13.6. The summed E-state index contributed by atoms with van der Waals surface area (Å²) in [6.45, 7) is 4.82. The summed E-state index contributed by atoms with van der Waals surface area (Å²) in [7, 11) is 1.66. The van der Waals surface area contributed by atoms with Gasteiger partial charge in [-0.3, -0.25) is 0 Å². The minimum atomic E-state index is -0.745. The Morgan fingerprint density at radius 1 is 1.03 bits per heavy atom. The van der Waals surface area contributed by atoms with Crippen LogP contribution >= 0.6 is 11.6 Å². The van der Waals surface area contributed by atoms with Crippen molar-refractivity contribution >= 4 is 17.4 Å². The fourth-order valence-electron chi connectivity index (χ4n) is 4.54. The minimum Gasteiger partial charge on any atom is -0.493 e. The van der Waals surface area contributed by atoms with Crippen molar-refractivity contribution < 1.29 is 14.2 Å². The van der Waals surface area contributed by atoms with Gasteiger partial charge >= 0.3 is 0 Å². The highest BCUT2D eigenvalue weighted by atomic mass is 35.5. The van der Waals surface area contributed by atoms with Crippen LogP contribution in [0.15, 0.2) is 48.8 Å². The van der Waals surface area contributed by atoms with Gasteiger partial charge in [0.2, 0.25) is 0 Å². The SMILES string of the molecule is COc1ccc(Cn2cnc(N)c3nc(C(C)(C)OCc4ccc(Cl)cc4)nc2-3)cc1OC1CCCC1. The molecule has 0 saturated heterocycles. The summed E-state index contributed by atoms with van der Waals surface area (Å²) in [6.07, 6.45) is 6.49.